The minimum absolute atomic E-state index is 0.364. The van der Waals surface area contributed by atoms with Gasteiger partial charge in [-0.1, -0.05) is 0 Å². The van der Waals surface area contributed by atoms with E-state index in [2.05, 4.69) is 12.6 Å². The number of hydrogen-bond acceptors (Lipinski definition) is 4. The van der Waals surface area contributed by atoms with Gasteiger partial charge in [0.05, 0.1) is 0 Å². The van der Waals surface area contributed by atoms with Gasteiger partial charge in [-0.05, 0) is 13.8 Å². The molecule has 1 fully saturated rings. The highest BCUT2D eigenvalue weighted by molar-refractivity contribution is 7.80. The Labute approximate surface area is 87.4 Å². The van der Waals surface area contributed by atoms with Gasteiger partial charge in [-0.15, -0.1) is 12.6 Å². The average molecular weight is 216 g/mol. The fourth-order valence-corrected chi connectivity index (χ4v) is 1.88. The Hall–Kier alpha value is -1.04. The van der Waals surface area contributed by atoms with Crippen molar-refractivity contribution in [2.24, 2.45) is 0 Å². The van der Waals surface area contributed by atoms with E-state index in [0.717, 1.165) is 0 Å². The van der Waals surface area contributed by atoms with Crippen molar-refractivity contribution in [1.29, 1.82) is 0 Å². The van der Waals surface area contributed by atoms with Crippen molar-refractivity contribution in [3.8, 4) is 0 Å². The lowest BCUT2D eigenvalue weighted by Gasteiger charge is -2.38. The monoisotopic (exact) mass is 216 g/mol. The molecule has 0 saturated carbocycles. The first-order chi connectivity index (χ1) is 6.54. The summed E-state index contributed by atoms with van der Waals surface area (Å²) in [6.07, 6.45) is 0. The maximum atomic E-state index is 11.3. The summed E-state index contributed by atoms with van der Waals surface area (Å²) in [5, 5.41) is 0. The molecule has 14 heavy (non-hydrogen) atoms. The van der Waals surface area contributed by atoms with Crippen molar-refractivity contribution in [3.63, 3.8) is 0 Å². The van der Waals surface area contributed by atoms with Gasteiger partial charge in [-0.2, -0.15) is 0 Å². The molecule has 0 radical (unpaired) electrons. The largest absolute Gasteiger partial charge is 0.307 e. The van der Waals surface area contributed by atoms with E-state index in [1.54, 1.807) is 13.8 Å². The Kier molecular flexibility index (Phi) is 3.15. The van der Waals surface area contributed by atoms with Crippen LogP contribution in [0.15, 0.2) is 0 Å². The predicted octanol–water partition coefficient (Wildman–Crippen LogP) is -0.520. The van der Waals surface area contributed by atoms with Gasteiger partial charge < -0.3 is 9.80 Å². The number of rotatable bonds is 2. The van der Waals surface area contributed by atoms with Crippen LogP contribution in [0, 0.1) is 0 Å². The molecule has 0 aromatic rings. The molecule has 0 spiro atoms. The van der Waals surface area contributed by atoms with Gasteiger partial charge in [0.15, 0.2) is 5.50 Å². The fraction of sp³-hybridized carbons (Fsp3) is 0.625. The molecule has 0 unspecified atom stereocenters. The summed E-state index contributed by atoms with van der Waals surface area (Å²) in [4.78, 5) is 36.4. The van der Waals surface area contributed by atoms with Crippen molar-refractivity contribution in [2.75, 3.05) is 13.1 Å². The first-order valence-electron chi connectivity index (χ1n) is 4.38. The van der Waals surface area contributed by atoms with Crippen LogP contribution in [-0.2, 0) is 14.4 Å². The van der Waals surface area contributed by atoms with Crippen LogP contribution in [0.2, 0.25) is 0 Å². The third-order valence-corrected chi connectivity index (χ3v) is 2.71. The highest BCUT2D eigenvalue weighted by atomic mass is 32.1. The molecule has 2 amide bonds. The standard InChI is InChI=1S/C8H12N2O3S/c1-3-9-6(12)5(11)7(13)10(4-2)8(9)14/h8,14H,3-4H2,1-2H3. The summed E-state index contributed by atoms with van der Waals surface area (Å²) in [6.45, 7) is 4.20. The normalized spacial score (nSPS) is 19.5. The van der Waals surface area contributed by atoms with Gasteiger partial charge in [-0.3, -0.25) is 14.4 Å². The third kappa shape index (κ3) is 1.50. The lowest BCUT2D eigenvalue weighted by atomic mass is 10.2. The molecule has 6 heteroatoms. The number of carbonyl (C=O) groups is 3. The van der Waals surface area contributed by atoms with Gasteiger partial charge in [0.1, 0.15) is 0 Å². The number of Topliss-reactive ketones (excluding diaryl/α,β-unsaturated/α-hetero) is 1. The van der Waals surface area contributed by atoms with Crippen molar-refractivity contribution in [1.82, 2.24) is 9.80 Å². The molecule has 5 nitrogen and oxygen atoms in total. The highest BCUT2D eigenvalue weighted by Crippen LogP contribution is 2.16. The number of amides is 2. The van der Waals surface area contributed by atoms with Crippen LogP contribution >= 0.6 is 12.6 Å². The molecule has 0 aliphatic carbocycles. The molecule has 0 N–H and O–H groups in total. The van der Waals surface area contributed by atoms with Crippen LogP contribution in [0.1, 0.15) is 13.8 Å². The summed E-state index contributed by atoms with van der Waals surface area (Å²) >= 11 is 4.13. The number of thiol groups is 1. The molecule has 1 rings (SSSR count). The van der Waals surface area contributed by atoms with E-state index < -0.39 is 23.1 Å². The molecular weight excluding hydrogens is 204 g/mol. The number of likely N-dealkylation sites (N-methyl/N-ethyl adjacent to an activating group) is 2. The summed E-state index contributed by atoms with van der Waals surface area (Å²) in [5.41, 5.74) is -0.623. The Morgan fingerprint density at radius 3 is 1.71 bits per heavy atom. The number of carbonyl (C=O) groups excluding carboxylic acids is 3. The SMILES string of the molecule is CCN1C(=O)C(=O)C(=O)N(CC)C1S. The molecule has 0 atom stereocenters. The summed E-state index contributed by atoms with van der Waals surface area (Å²) in [5.74, 6) is -2.50. The Morgan fingerprint density at radius 1 is 1.07 bits per heavy atom. The van der Waals surface area contributed by atoms with Gasteiger partial charge in [0, 0.05) is 13.1 Å². The second-order valence-corrected chi connectivity index (χ2v) is 3.32. The predicted molar refractivity (Wildman–Crippen MR) is 52.6 cm³/mol. The molecule has 1 aliphatic rings. The van der Waals surface area contributed by atoms with E-state index in [9.17, 15) is 14.4 Å². The fourth-order valence-electron chi connectivity index (χ4n) is 1.34. The van der Waals surface area contributed by atoms with E-state index >= 15 is 0 Å². The quantitative estimate of drug-likeness (QED) is 0.499. The highest BCUT2D eigenvalue weighted by Gasteiger charge is 2.42. The zero-order chi connectivity index (χ0) is 10.9. The van der Waals surface area contributed by atoms with E-state index in [1.165, 1.54) is 9.80 Å². The molecule has 78 valence electrons. The molecule has 1 aliphatic heterocycles. The van der Waals surface area contributed by atoms with E-state index in [1.807, 2.05) is 0 Å². The molecular formula is C8H12N2O3S. The van der Waals surface area contributed by atoms with Crippen LogP contribution < -0.4 is 0 Å². The van der Waals surface area contributed by atoms with Gasteiger partial charge >= 0.3 is 17.6 Å². The minimum atomic E-state index is -0.973. The molecule has 0 bridgehead atoms. The molecule has 0 aromatic heterocycles. The maximum absolute atomic E-state index is 11.3. The zero-order valence-electron chi connectivity index (χ0n) is 8.06. The average Bonchev–Trinajstić information content (AvgIpc) is 2.16. The first kappa shape index (κ1) is 11.0. The smallest absolute Gasteiger partial charge is 0.306 e. The Morgan fingerprint density at radius 2 is 1.43 bits per heavy atom. The minimum Gasteiger partial charge on any atom is -0.306 e. The first-order valence-corrected chi connectivity index (χ1v) is 4.90. The van der Waals surface area contributed by atoms with Crippen LogP contribution in [0.25, 0.3) is 0 Å². The van der Waals surface area contributed by atoms with E-state index in [4.69, 9.17) is 0 Å². The summed E-state index contributed by atoms with van der Waals surface area (Å²) in [7, 11) is 0. The van der Waals surface area contributed by atoms with Crippen molar-refractivity contribution in [2.45, 2.75) is 19.3 Å². The third-order valence-electron chi connectivity index (χ3n) is 2.15. The van der Waals surface area contributed by atoms with Gasteiger partial charge in [-0.25, -0.2) is 0 Å². The lowest BCUT2D eigenvalue weighted by Crippen LogP contribution is -2.61. The Bertz CT molecular complexity index is 266. The van der Waals surface area contributed by atoms with Crippen LogP contribution in [0.4, 0.5) is 0 Å². The molecule has 1 heterocycles. The van der Waals surface area contributed by atoms with Crippen molar-refractivity contribution >= 4 is 30.2 Å². The number of nitrogens with zero attached hydrogens (tertiary/aromatic N) is 2. The lowest BCUT2D eigenvalue weighted by molar-refractivity contribution is -0.162. The molecule has 0 aromatic carbocycles. The Balaban J connectivity index is 3.00. The van der Waals surface area contributed by atoms with E-state index in [0.29, 0.717) is 13.1 Å². The molecule has 1 saturated heterocycles. The zero-order valence-corrected chi connectivity index (χ0v) is 8.95. The summed E-state index contributed by atoms with van der Waals surface area (Å²) in [6, 6.07) is 0. The van der Waals surface area contributed by atoms with Crippen LogP contribution in [0.5, 0.6) is 0 Å². The summed E-state index contributed by atoms with van der Waals surface area (Å²) < 4.78 is 0. The second kappa shape index (κ2) is 4.00. The number of ketones is 1. The second-order valence-electron chi connectivity index (χ2n) is 2.86. The van der Waals surface area contributed by atoms with Crippen molar-refractivity contribution < 1.29 is 14.4 Å². The van der Waals surface area contributed by atoms with Gasteiger partial charge in [0.2, 0.25) is 0 Å². The maximum Gasteiger partial charge on any atom is 0.307 e. The van der Waals surface area contributed by atoms with E-state index in [-0.39, 0.29) is 0 Å². The van der Waals surface area contributed by atoms with Gasteiger partial charge in [0.25, 0.3) is 0 Å². The topological polar surface area (TPSA) is 57.7 Å². The van der Waals surface area contributed by atoms with Crippen LogP contribution in [0.3, 0.4) is 0 Å². The van der Waals surface area contributed by atoms with Crippen molar-refractivity contribution in [3.05, 3.63) is 0 Å². The number of hydrogen-bond donors (Lipinski definition) is 1. The van der Waals surface area contributed by atoms with Crippen LogP contribution in [-0.4, -0.2) is 46.0 Å².